The molecular weight excluding hydrogens is 273 g/mol. The number of rotatable bonds is 2. The number of benzene rings is 1. The summed E-state index contributed by atoms with van der Waals surface area (Å²) in [7, 11) is 0. The number of hydrogen-bond donors (Lipinski definition) is 2. The van der Waals surface area contributed by atoms with E-state index in [0.717, 1.165) is 6.07 Å². The van der Waals surface area contributed by atoms with E-state index in [0.29, 0.717) is 13.1 Å². The number of nitrogens with one attached hydrogen (secondary N) is 1. The molecule has 1 unspecified atom stereocenters. The van der Waals surface area contributed by atoms with Gasteiger partial charge in [0, 0.05) is 24.7 Å². The molecule has 3 N–H and O–H groups in total. The number of carbonyl (C=O) groups excluding carboxylic acids is 2. The van der Waals surface area contributed by atoms with Crippen LogP contribution < -0.4 is 11.1 Å². The van der Waals surface area contributed by atoms with Gasteiger partial charge in [0.05, 0.1) is 5.56 Å². The molecule has 5 nitrogen and oxygen atoms in total. The Bertz CT molecular complexity index is 524. The topological polar surface area (TPSA) is 75.4 Å². The Kier molecular flexibility index (Phi) is 4.01. The van der Waals surface area contributed by atoms with Gasteiger partial charge in [0.1, 0.15) is 11.9 Å². The molecule has 1 saturated heterocycles. The molecular formula is C12H13ClFN3O2. The van der Waals surface area contributed by atoms with Gasteiger partial charge in [-0.1, -0.05) is 11.6 Å². The van der Waals surface area contributed by atoms with Crippen LogP contribution in [0.4, 0.5) is 4.39 Å². The van der Waals surface area contributed by atoms with Gasteiger partial charge in [0.25, 0.3) is 5.91 Å². The van der Waals surface area contributed by atoms with E-state index < -0.39 is 23.7 Å². The number of amides is 2. The van der Waals surface area contributed by atoms with Crippen molar-refractivity contribution in [2.75, 3.05) is 19.6 Å². The van der Waals surface area contributed by atoms with Crippen molar-refractivity contribution >= 4 is 23.4 Å². The number of primary amides is 1. The second-order valence-electron chi connectivity index (χ2n) is 4.25. The molecule has 102 valence electrons. The monoisotopic (exact) mass is 285 g/mol. The maximum Gasteiger partial charge on any atom is 0.257 e. The van der Waals surface area contributed by atoms with Crippen molar-refractivity contribution in [3.8, 4) is 0 Å². The first-order valence-electron chi connectivity index (χ1n) is 5.76. The molecule has 0 bridgehead atoms. The fourth-order valence-electron chi connectivity index (χ4n) is 2.02. The van der Waals surface area contributed by atoms with Gasteiger partial charge >= 0.3 is 0 Å². The second-order valence-corrected chi connectivity index (χ2v) is 4.68. The minimum atomic E-state index is -0.767. The number of halogens is 2. The molecule has 1 aliphatic heterocycles. The summed E-state index contributed by atoms with van der Waals surface area (Å²) in [6.45, 7) is 1.11. The molecule has 0 radical (unpaired) electrons. The predicted octanol–water partition coefficient (Wildman–Crippen LogP) is 0.378. The molecule has 1 aromatic carbocycles. The van der Waals surface area contributed by atoms with E-state index in [2.05, 4.69) is 5.32 Å². The quantitative estimate of drug-likeness (QED) is 0.825. The Morgan fingerprint density at radius 2 is 2.21 bits per heavy atom. The van der Waals surface area contributed by atoms with Crippen molar-refractivity contribution in [3.05, 3.63) is 34.6 Å². The van der Waals surface area contributed by atoms with Crippen LogP contribution in [0.5, 0.6) is 0 Å². The van der Waals surface area contributed by atoms with Crippen LogP contribution in [0.1, 0.15) is 10.4 Å². The van der Waals surface area contributed by atoms with Crippen molar-refractivity contribution < 1.29 is 14.0 Å². The van der Waals surface area contributed by atoms with Crippen LogP contribution in [0.15, 0.2) is 18.2 Å². The van der Waals surface area contributed by atoms with Crippen LogP contribution in [0.25, 0.3) is 0 Å². The summed E-state index contributed by atoms with van der Waals surface area (Å²) in [5, 5.41) is 3.18. The van der Waals surface area contributed by atoms with Gasteiger partial charge in [-0.25, -0.2) is 4.39 Å². The van der Waals surface area contributed by atoms with Gasteiger partial charge in [-0.3, -0.25) is 9.59 Å². The molecule has 2 amide bonds. The van der Waals surface area contributed by atoms with E-state index in [9.17, 15) is 14.0 Å². The van der Waals surface area contributed by atoms with Crippen LogP contribution in [0.3, 0.4) is 0 Å². The van der Waals surface area contributed by atoms with Crippen LogP contribution in [0.2, 0.25) is 5.02 Å². The highest BCUT2D eigenvalue weighted by Crippen LogP contribution is 2.18. The van der Waals surface area contributed by atoms with E-state index in [1.807, 2.05) is 0 Å². The van der Waals surface area contributed by atoms with Gasteiger partial charge in [-0.15, -0.1) is 0 Å². The first kappa shape index (κ1) is 13.8. The van der Waals surface area contributed by atoms with Gasteiger partial charge in [0.15, 0.2) is 0 Å². The number of piperazine rings is 1. The average Bonchev–Trinajstić information content (AvgIpc) is 2.38. The third-order valence-corrected chi connectivity index (χ3v) is 3.23. The Morgan fingerprint density at radius 3 is 2.84 bits per heavy atom. The standard InChI is InChI=1S/C12H13ClFN3O2/c13-7-1-2-8(9(14)5-7)12(19)17-4-3-16-6-10(17)11(15)18/h1-2,5,10,16H,3-4,6H2,(H2,15,18). The van der Waals surface area contributed by atoms with E-state index >= 15 is 0 Å². The molecule has 7 heteroatoms. The van der Waals surface area contributed by atoms with Crippen molar-refractivity contribution in [2.24, 2.45) is 5.73 Å². The molecule has 0 saturated carbocycles. The molecule has 19 heavy (non-hydrogen) atoms. The third kappa shape index (κ3) is 2.85. The lowest BCUT2D eigenvalue weighted by atomic mass is 10.1. The maximum absolute atomic E-state index is 13.7. The van der Waals surface area contributed by atoms with E-state index in [4.69, 9.17) is 17.3 Å². The van der Waals surface area contributed by atoms with E-state index in [-0.39, 0.29) is 17.1 Å². The number of nitrogens with zero attached hydrogens (tertiary/aromatic N) is 1. The maximum atomic E-state index is 13.7. The Morgan fingerprint density at radius 1 is 1.47 bits per heavy atom. The minimum absolute atomic E-state index is 0.113. The molecule has 2 rings (SSSR count). The van der Waals surface area contributed by atoms with Crippen molar-refractivity contribution in [3.63, 3.8) is 0 Å². The Balaban J connectivity index is 2.28. The SMILES string of the molecule is NC(=O)C1CNCCN1C(=O)c1ccc(Cl)cc1F. The lowest BCUT2D eigenvalue weighted by molar-refractivity contribution is -0.122. The fraction of sp³-hybridized carbons (Fsp3) is 0.333. The molecule has 1 aromatic rings. The van der Waals surface area contributed by atoms with Crippen LogP contribution in [0, 0.1) is 5.82 Å². The normalized spacial score (nSPS) is 19.3. The number of carbonyl (C=O) groups is 2. The molecule has 0 aromatic heterocycles. The lowest BCUT2D eigenvalue weighted by Gasteiger charge is -2.34. The molecule has 1 fully saturated rings. The third-order valence-electron chi connectivity index (χ3n) is 2.99. The van der Waals surface area contributed by atoms with Gasteiger partial charge in [0.2, 0.25) is 5.91 Å². The smallest absolute Gasteiger partial charge is 0.257 e. The number of nitrogens with two attached hydrogens (primary N) is 1. The Labute approximate surface area is 114 Å². The zero-order valence-corrected chi connectivity index (χ0v) is 10.8. The first-order chi connectivity index (χ1) is 9.00. The van der Waals surface area contributed by atoms with Crippen LogP contribution in [-0.4, -0.2) is 42.4 Å². The zero-order chi connectivity index (χ0) is 14.0. The summed E-state index contributed by atoms with van der Waals surface area (Å²) in [5.41, 5.74) is 5.13. The highest BCUT2D eigenvalue weighted by molar-refractivity contribution is 6.30. The van der Waals surface area contributed by atoms with E-state index in [1.165, 1.54) is 17.0 Å². The van der Waals surface area contributed by atoms with Crippen LogP contribution in [-0.2, 0) is 4.79 Å². The van der Waals surface area contributed by atoms with Gasteiger partial charge < -0.3 is 16.0 Å². The summed E-state index contributed by atoms with van der Waals surface area (Å²) in [5.74, 6) is -1.88. The summed E-state index contributed by atoms with van der Waals surface area (Å²) in [4.78, 5) is 24.8. The lowest BCUT2D eigenvalue weighted by Crippen LogP contribution is -2.58. The van der Waals surface area contributed by atoms with Crippen molar-refractivity contribution in [2.45, 2.75) is 6.04 Å². The van der Waals surface area contributed by atoms with Crippen molar-refractivity contribution in [1.29, 1.82) is 0 Å². The highest BCUT2D eigenvalue weighted by atomic mass is 35.5. The van der Waals surface area contributed by atoms with Gasteiger partial charge in [-0.05, 0) is 18.2 Å². The number of hydrogen-bond acceptors (Lipinski definition) is 3. The molecule has 0 aliphatic carbocycles. The average molecular weight is 286 g/mol. The van der Waals surface area contributed by atoms with Crippen LogP contribution >= 0.6 is 11.6 Å². The Hall–Kier alpha value is -1.66. The summed E-state index contributed by atoms with van der Waals surface area (Å²) < 4.78 is 13.7. The summed E-state index contributed by atoms with van der Waals surface area (Å²) in [6.07, 6.45) is 0. The molecule has 0 spiro atoms. The molecule has 1 aliphatic rings. The fourth-order valence-corrected chi connectivity index (χ4v) is 2.18. The summed E-state index contributed by atoms with van der Waals surface area (Å²) >= 11 is 5.64. The zero-order valence-electron chi connectivity index (χ0n) is 10.0. The molecule has 1 atom stereocenters. The van der Waals surface area contributed by atoms with E-state index in [1.54, 1.807) is 0 Å². The van der Waals surface area contributed by atoms with Gasteiger partial charge in [-0.2, -0.15) is 0 Å². The minimum Gasteiger partial charge on any atom is -0.368 e. The molecule has 1 heterocycles. The first-order valence-corrected chi connectivity index (χ1v) is 6.14. The highest BCUT2D eigenvalue weighted by Gasteiger charge is 2.32. The summed E-state index contributed by atoms with van der Waals surface area (Å²) in [6, 6.07) is 3.03. The second kappa shape index (κ2) is 5.54. The largest absolute Gasteiger partial charge is 0.368 e. The van der Waals surface area contributed by atoms with Crippen molar-refractivity contribution in [1.82, 2.24) is 10.2 Å². The predicted molar refractivity (Wildman–Crippen MR) is 68.3 cm³/mol.